The van der Waals surface area contributed by atoms with E-state index >= 15 is 0 Å². The first-order chi connectivity index (χ1) is 9.11. The van der Waals surface area contributed by atoms with Gasteiger partial charge in [-0.25, -0.2) is 0 Å². The molecule has 1 atom stereocenters. The minimum atomic E-state index is -0.480. The van der Waals surface area contributed by atoms with Gasteiger partial charge in [0.15, 0.2) is 0 Å². The van der Waals surface area contributed by atoms with Gasteiger partial charge < -0.3 is 5.32 Å². The summed E-state index contributed by atoms with van der Waals surface area (Å²) in [6.07, 6.45) is 2.18. The lowest BCUT2D eigenvalue weighted by Crippen LogP contribution is -2.46. The van der Waals surface area contributed by atoms with E-state index in [0.29, 0.717) is 11.7 Å². The van der Waals surface area contributed by atoms with Crippen molar-refractivity contribution in [1.29, 1.82) is 5.26 Å². The van der Waals surface area contributed by atoms with E-state index in [1.54, 1.807) is 23.9 Å². The lowest BCUT2D eigenvalue weighted by atomic mass is 9.98. The van der Waals surface area contributed by atoms with Crippen LogP contribution in [-0.2, 0) is 0 Å². The molecular formula is C13H15N3O2S. The van der Waals surface area contributed by atoms with Crippen molar-refractivity contribution < 1.29 is 4.92 Å². The molecule has 19 heavy (non-hydrogen) atoms. The molecule has 1 aromatic carbocycles. The Bertz CT molecular complexity index is 508. The van der Waals surface area contributed by atoms with Gasteiger partial charge in [0.25, 0.3) is 5.69 Å². The van der Waals surface area contributed by atoms with Crippen LogP contribution in [0.1, 0.15) is 12.8 Å². The predicted molar refractivity (Wildman–Crippen MR) is 73.9 cm³/mol. The van der Waals surface area contributed by atoms with Gasteiger partial charge in [0.2, 0.25) is 0 Å². The number of nitro benzene ring substituents is 1. The zero-order valence-electron chi connectivity index (χ0n) is 10.6. The molecule has 1 aliphatic rings. The highest BCUT2D eigenvalue weighted by Crippen LogP contribution is 2.41. The van der Waals surface area contributed by atoms with E-state index in [-0.39, 0.29) is 5.69 Å². The monoisotopic (exact) mass is 277 g/mol. The van der Waals surface area contributed by atoms with Crippen molar-refractivity contribution in [3.8, 4) is 6.07 Å². The number of hydrogen-bond donors (Lipinski definition) is 1. The number of nitro groups is 1. The maximum atomic E-state index is 10.6. The Morgan fingerprint density at radius 1 is 1.53 bits per heavy atom. The second kappa shape index (κ2) is 5.59. The summed E-state index contributed by atoms with van der Waals surface area (Å²) < 4.78 is 0. The average Bonchev–Trinajstić information content (AvgIpc) is 3.26. The third-order valence-corrected chi connectivity index (χ3v) is 4.64. The lowest BCUT2D eigenvalue weighted by molar-refractivity contribution is -0.384. The minimum Gasteiger partial charge on any atom is -0.302 e. The summed E-state index contributed by atoms with van der Waals surface area (Å²) in [6, 6.07) is 8.83. The molecule has 1 N–H and O–H groups in total. The highest BCUT2D eigenvalue weighted by molar-refractivity contribution is 7.99. The summed E-state index contributed by atoms with van der Waals surface area (Å²) in [6.45, 7) is 0. The first-order valence-electron chi connectivity index (χ1n) is 6.09. The normalized spacial score (nSPS) is 17.5. The molecule has 0 heterocycles. The van der Waals surface area contributed by atoms with Crippen molar-refractivity contribution in [3.63, 3.8) is 0 Å². The van der Waals surface area contributed by atoms with Crippen LogP contribution in [0.3, 0.4) is 0 Å². The van der Waals surface area contributed by atoms with Gasteiger partial charge in [0.1, 0.15) is 5.54 Å². The van der Waals surface area contributed by atoms with Crippen molar-refractivity contribution >= 4 is 17.4 Å². The number of rotatable bonds is 6. The van der Waals surface area contributed by atoms with Gasteiger partial charge in [-0.1, -0.05) is 0 Å². The van der Waals surface area contributed by atoms with Gasteiger partial charge in [-0.15, -0.1) is 11.8 Å². The van der Waals surface area contributed by atoms with E-state index in [0.717, 1.165) is 17.7 Å². The summed E-state index contributed by atoms with van der Waals surface area (Å²) in [4.78, 5) is 11.1. The predicted octanol–water partition coefficient (Wildman–Crippen LogP) is 2.58. The van der Waals surface area contributed by atoms with Crippen LogP contribution in [0.5, 0.6) is 0 Å². The molecule has 0 saturated heterocycles. The second-order valence-electron chi connectivity index (χ2n) is 4.65. The van der Waals surface area contributed by atoms with Gasteiger partial charge in [-0.2, -0.15) is 5.26 Å². The van der Waals surface area contributed by atoms with Crippen molar-refractivity contribution in [3.05, 3.63) is 34.4 Å². The van der Waals surface area contributed by atoms with Crippen molar-refractivity contribution in [1.82, 2.24) is 5.32 Å². The van der Waals surface area contributed by atoms with E-state index in [1.807, 2.05) is 7.05 Å². The number of thioether (sulfide) groups is 1. The van der Waals surface area contributed by atoms with Gasteiger partial charge >= 0.3 is 0 Å². The van der Waals surface area contributed by atoms with Gasteiger partial charge in [0, 0.05) is 22.8 Å². The molecule has 0 radical (unpaired) electrons. The summed E-state index contributed by atoms with van der Waals surface area (Å²) in [5, 5.41) is 23.1. The fourth-order valence-corrected chi connectivity index (χ4v) is 3.18. The second-order valence-corrected chi connectivity index (χ2v) is 5.70. The van der Waals surface area contributed by atoms with Crippen LogP contribution in [-0.4, -0.2) is 23.3 Å². The summed E-state index contributed by atoms with van der Waals surface area (Å²) >= 11 is 1.56. The Morgan fingerprint density at radius 2 is 2.16 bits per heavy atom. The largest absolute Gasteiger partial charge is 0.302 e. The molecular weight excluding hydrogens is 262 g/mol. The van der Waals surface area contributed by atoms with E-state index in [2.05, 4.69) is 11.4 Å². The van der Waals surface area contributed by atoms with E-state index in [1.165, 1.54) is 12.1 Å². The topological polar surface area (TPSA) is 79.0 Å². The fourth-order valence-electron chi connectivity index (χ4n) is 2.01. The number of hydrogen-bond acceptors (Lipinski definition) is 5. The SMILES string of the molecule is CNC(C#N)(CSc1ccc([N+](=O)[O-])cc1)C1CC1. The summed E-state index contributed by atoms with van der Waals surface area (Å²) in [5.74, 6) is 1.08. The molecule has 6 heteroatoms. The maximum absolute atomic E-state index is 10.6. The van der Waals surface area contributed by atoms with Crippen LogP contribution < -0.4 is 5.32 Å². The molecule has 1 saturated carbocycles. The molecule has 0 amide bonds. The molecule has 0 aliphatic heterocycles. The number of non-ortho nitro benzene ring substituents is 1. The van der Waals surface area contributed by atoms with Gasteiger partial charge in [0.05, 0.1) is 11.0 Å². The van der Waals surface area contributed by atoms with Crippen molar-refractivity contribution in [2.45, 2.75) is 23.3 Å². The Balaban J connectivity index is 2.01. The summed E-state index contributed by atoms with van der Waals surface area (Å²) in [5.41, 5.74) is -0.390. The van der Waals surface area contributed by atoms with Crippen molar-refractivity contribution in [2.24, 2.45) is 5.92 Å². The number of nitrogens with one attached hydrogen (secondary N) is 1. The standard InChI is InChI=1S/C13H15N3O2S/c1-15-13(8-14,10-2-3-10)9-19-12-6-4-11(5-7-12)16(17)18/h4-7,10,15H,2-3,9H2,1H3. The zero-order valence-corrected chi connectivity index (χ0v) is 11.4. The molecule has 5 nitrogen and oxygen atoms in total. The highest BCUT2D eigenvalue weighted by atomic mass is 32.2. The molecule has 1 aromatic rings. The number of benzene rings is 1. The Morgan fingerprint density at radius 3 is 2.58 bits per heavy atom. The summed E-state index contributed by atoms with van der Waals surface area (Å²) in [7, 11) is 1.82. The molecule has 1 aliphatic carbocycles. The van der Waals surface area contributed by atoms with Crippen LogP contribution >= 0.6 is 11.8 Å². The van der Waals surface area contributed by atoms with Gasteiger partial charge in [-0.05, 0) is 37.9 Å². The van der Waals surface area contributed by atoms with Gasteiger partial charge in [-0.3, -0.25) is 10.1 Å². The van der Waals surface area contributed by atoms with E-state index in [9.17, 15) is 15.4 Å². The van der Waals surface area contributed by atoms with Crippen LogP contribution in [0.25, 0.3) is 0 Å². The third-order valence-electron chi connectivity index (χ3n) is 3.43. The third kappa shape index (κ3) is 3.06. The Hall–Kier alpha value is -1.58. The molecule has 0 aromatic heterocycles. The van der Waals surface area contributed by atoms with Crippen LogP contribution in [0, 0.1) is 27.4 Å². The van der Waals surface area contributed by atoms with Crippen molar-refractivity contribution in [2.75, 3.05) is 12.8 Å². The minimum absolute atomic E-state index is 0.0895. The first kappa shape index (κ1) is 13.8. The van der Waals surface area contributed by atoms with Crippen LogP contribution in [0.4, 0.5) is 5.69 Å². The zero-order chi connectivity index (χ0) is 13.9. The van der Waals surface area contributed by atoms with E-state index in [4.69, 9.17) is 0 Å². The number of nitriles is 1. The molecule has 2 rings (SSSR count). The highest BCUT2D eigenvalue weighted by Gasteiger charge is 2.44. The quantitative estimate of drug-likeness (QED) is 0.491. The first-order valence-corrected chi connectivity index (χ1v) is 7.07. The smallest absolute Gasteiger partial charge is 0.269 e. The Labute approximate surface area is 116 Å². The number of nitrogens with zero attached hydrogens (tertiary/aromatic N) is 2. The van der Waals surface area contributed by atoms with E-state index < -0.39 is 10.5 Å². The molecule has 0 spiro atoms. The molecule has 1 fully saturated rings. The fraction of sp³-hybridized carbons (Fsp3) is 0.462. The molecule has 1 unspecified atom stereocenters. The molecule has 0 bridgehead atoms. The average molecular weight is 277 g/mol. The maximum Gasteiger partial charge on any atom is 0.269 e. The van der Waals surface area contributed by atoms with Crippen LogP contribution in [0.15, 0.2) is 29.2 Å². The van der Waals surface area contributed by atoms with Crippen LogP contribution in [0.2, 0.25) is 0 Å². The Kier molecular flexibility index (Phi) is 4.08. The molecule has 100 valence electrons. The lowest BCUT2D eigenvalue weighted by Gasteiger charge is -2.25.